The summed E-state index contributed by atoms with van der Waals surface area (Å²) in [6.07, 6.45) is 1.80. The van der Waals surface area contributed by atoms with Crippen LogP contribution in [0.5, 0.6) is 17.2 Å². The third-order valence-corrected chi connectivity index (χ3v) is 5.30. The number of rotatable bonds is 8. The number of carbonyl (C=O) groups is 1. The number of ether oxygens (including phenoxy) is 3. The van der Waals surface area contributed by atoms with Gasteiger partial charge in [0, 0.05) is 5.02 Å². The number of aliphatic imine (C=N–C) groups is 1. The minimum absolute atomic E-state index is 0.220. The van der Waals surface area contributed by atoms with E-state index in [0.29, 0.717) is 57.2 Å². The number of nitrogens with zero attached hydrogens (tertiary/aromatic N) is 1. The molecule has 1 aliphatic heterocycles. The summed E-state index contributed by atoms with van der Waals surface area (Å²) in [6.45, 7) is 7.22. The van der Waals surface area contributed by atoms with E-state index < -0.39 is 0 Å². The summed E-state index contributed by atoms with van der Waals surface area (Å²) >= 11 is 7.32. The fourth-order valence-corrected chi connectivity index (χ4v) is 3.75. The normalized spacial score (nSPS) is 16.1. The molecule has 8 heteroatoms. The van der Waals surface area contributed by atoms with Crippen LogP contribution in [0.2, 0.25) is 5.02 Å². The monoisotopic (exact) mass is 460 g/mol. The molecule has 0 unspecified atom stereocenters. The Balaban J connectivity index is 1.83. The van der Waals surface area contributed by atoms with Gasteiger partial charge in [0.1, 0.15) is 11.4 Å². The summed E-state index contributed by atoms with van der Waals surface area (Å²) in [4.78, 5) is 17.5. The first-order valence-electron chi connectivity index (χ1n) is 9.92. The Morgan fingerprint density at radius 3 is 2.61 bits per heavy atom. The summed E-state index contributed by atoms with van der Waals surface area (Å²) in [5, 5.41) is 3.77. The smallest absolute Gasteiger partial charge is 0.264 e. The van der Waals surface area contributed by atoms with Crippen molar-refractivity contribution in [1.82, 2.24) is 5.32 Å². The number of hydrogen-bond acceptors (Lipinski definition) is 6. The van der Waals surface area contributed by atoms with E-state index in [-0.39, 0.29) is 5.91 Å². The van der Waals surface area contributed by atoms with Crippen LogP contribution in [0.15, 0.2) is 46.3 Å². The van der Waals surface area contributed by atoms with Gasteiger partial charge in [-0.25, -0.2) is 4.99 Å². The molecule has 1 saturated heterocycles. The van der Waals surface area contributed by atoms with Gasteiger partial charge in [0.25, 0.3) is 5.91 Å². The van der Waals surface area contributed by atoms with Gasteiger partial charge in [-0.05, 0) is 66.6 Å². The predicted octanol–water partition coefficient (Wildman–Crippen LogP) is 5.67. The van der Waals surface area contributed by atoms with Crippen molar-refractivity contribution in [1.29, 1.82) is 0 Å². The SMILES string of the molecule is CCOc1cc(/C=C2\SC(=Nc3cc(Cl)ccc3OC)NC2=O)ccc1OCC(C)C. The number of amides is 1. The molecule has 0 spiro atoms. The summed E-state index contributed by atoms with van der Waals surface area (Å²) in [5.41, 5.74) is 1.38. The van der Waals surface area contributed by atoms with Crippen LogP contribution in [0.1, 0.15) is 26.3 Å². The van der Waals surface area contributed by atoms with Gasteiger partial charge in [-0.1, -0.05) is 31.5 Å². The number of amidine groups is 1. The lowest BCUT2D eigenvalue weighted by atomic mass is 10.2. The second kappa shape index (κ2) is 10.6. The van der Waals surface area contributed by atoms with Crippen molar-refractivity contribution in [2.24, 2.45) is 10.9 Å². The van der Waals surface area contributed by atoms with Crippen molar-refractivity contribution in [3.63, 3.8) is 0 Å². The zero-order valence-corrected chi connectivity index (χ0v) is 19.5. The lowest BCUT2D eigenvalue weighted by Gasteiger charge is -2.14. The van der Waals surface area contributed by atoms with Crippen LogP contribution in [-0.2, 0) is 4.79 Å². The average Bonchev–Trinajstić information content (AvgIpc) is 3.06. The zero-order valence-electron chi connectivity index (χ0n) is 17.9. The summed E-state index contributed by atoms with van der Waals surface area (Å²) in [6, 6.07) is 10.8. The van der Waals surface area contributed by atoms with Crippen molar-refractivity contribution in [2.45, 2.75) is 20.8 Å². The molecule has 2 aromatic rings. The molecule has 6 nitrogen and oxygen atoms in total. The molecular weight excluding hydrogens is 436 g/mol. The van der Waals surface area contributed by atoms with Crippen LogP contribution in [-0.4, -0.2) is 31.4 Å². The van der Waals surface area contributed by atoms with E-state index in [2.05, 4.69) is 24.2 Å². The van der Waals surface area contributed by atoms with Crippen LogP contribution in [0.4, 0.5) is 5.69 Å². The molecule has 0 radical (unpaired) electrons. The summed E-state index contributed by atoms with van der Waals surface area (Å²) in [7, 11) is 1.56. The fourth-order valence-electron chi connectivity index (χ4n) is 2.75. The Hall–Kier alpha value is -2.64. The van der Waals surface area contributed by atoms with Gasteiger partial charge in [-0.15, -0.1) is 0 Å². The van der Waals surface area contributed by atoms with Crippen molar-refractivity contribution < 1.29 is 19.0 Å². The Bertz CT molecular complexity index is 1020. The highest BCUT2D eigenvalue weighted by atomic mass is 35.5. The number of nitrogens with one attached hydrogen (secondary N) is 1. The van der Waals surface area contributed by atoms with E-state index >= 15 is 0 Å². The minimum atomic E-state index is -0.220. The van der Waals surface area contributed by atoms with Gasteiger partial charge < -0.3 is 19.5 Å². The lowest BCUT2D eigenvalue weighted by Crippen LogP contribution is -2.19. The van der Waals surface area contributed by atoms with Crippen LogP contribution < -0.4 is 19.5 Å². The fraction of sp³-hybridized carbons (Fsp3) is 0.304. The van der Waals surface area contributed by atoms with Crippen LogP contribution in [0.25, 0.3) is 6.08 Å². The standard InChI is InChI=1S/C23H25ClN2O4S/c1-5-29-20-10-15(6-8-19(20)30-13-14(2)3)11-21-22(27)26-23(31-21)25-17-12-16(24)7-9-18(17)28-4/h6-12,14H,5,13H2,1-4H3,(H,25,26,27)/b21-11-. The first-order chi connectivity index (χ1) is 14.9. The molecule has 1 fully saturated rings. The number of halogens is 1. The van der Waals surface area contributed by atoms with Gasteiger partial charge >= 0.3 is 0 Å². The predicted molar refractivity (Wildman–Crippen MR) is 127 cm³/mol. The molecule has 164 valence electrons. The third kappa shape index (κ3) is 6.18. The maximum absolute atomic E-state index is 12.5. The molecular formula is C23H25ClN2O4S. The topological polar surface area (TPSA) is 69.2 Å². The van der Waals surface area contributed by atoms with E-state index in [9.17, 15) is 4.79 Å². The maximum atomic E-state index is 12.5. The van der Waals surface area contributed by atoms with E-state index in [0.717, 1.165) is 5.56 Å². The first kappa shape index (κ1) is 23.0. The van der Waals surface area contributed by atoms with E-state index in [1.807, 2.05) is 25.1 Å². The molecule has 0 bridgehead atoms. The van der Waals surface area contributed by atoms with Crippen molar-refractivity contribution >= 4 is 46.2 Å². The number of hydrogen-bond donors (Lipinski definition) is 1. The Morgan fingerprint density at radius 1 is 1.13 bits per heavy atom. The molecule has 2 aromatic carbocycles. The van der Waals surface area contributed by atoms with Crippen molar-refractivity contribution in [2.75, 3.05) is 20.3 Å². The van der Waals surface area contributed by atoms with Crippen LogP contribution in [0, 0.1) is 5.92 Å². The molecule has 1 amide bonds. The van der Waals surface area contributed by atoms with Crippen molar-refractivity contribution in [3.8, 4) is 17.2 Å². The van der Waals surface area contributed by atoms with Gasteiger partial charge in [0.15, 0.2) is 16.7 Å². The summed E-state index contributed by atoms with van der Waals surface area (Å²) in [5.74, 6) is 2.10. The van der Waals surface area contributed by atoms with Crippen LogP contribution >= 0.6 is 23.4 Å². The quantitative estimate of drug-likeness (QED) is 0.513. The molecule has 3 rings (SSSR count). The zero-order chi connectivity index (χ0) is 22.4. The molecule has 1 heterocycles. The second-order valence-electron chi connectivity index (χ2n) is 7.14. The first-order valence-corrected chi connectivity index (χ1v) is 11.1. The number of thioether (sulfide) groups is 1. The molecule has 1 N–H and O–H groups in total. The molecule has 1 aliphatic rings. The molecule has 31 heavy (non-hydrogen) atoms. The van der Waals surface area contributed by atoms with E-state index in [1.54, 1.807) is 31.4 Å². The van der Waals surface area contributed by atoms with Crippen LogP contribution in [0.3, 0.4) is 0 Å². The summed E-state index contributed by atoms with van der Waals surface area (Å²) < 4.78 is 16.9. The minimum Gasteiger partial charge on any atom is -0.494 e. The lowest BCUT2D eigenvalue weighted by molar-refractivity contribution is -0.115. The molecule has 0 saturated carbocycles. The highest BCUT2D eigenvalue weighted by molar-refractivity contribution is 8.18. The van der Waals surface area contributed by atoms with E-state index in [4.69, 9.17) is 25.8 Å². The van der Waals surface area contributed by atoms with E-state index in [1.165, 1.54) is 11.8 Å². The highest BCUT2D eigenvalue weighted by Gasteiger charge is 2.24. The second-order valence-corrected chi connectivity index (χ2v) is 8.61. The Kier molecular flexibility index (Phi) is 7.87. The van der Waals surface area contributed by atoms with Gasteiger partial charge in [-0.3, -0.25) is 4.79 Å². The highest BCUT2D eigenvalue weighted by Crippen LogP contribution is 2.35. The van der Waals surface area contributed by atoms with Gasteiger partial charge in [-0.2, -0.15) is 0 Å². The Morgan fingerprint density at radius 2 is 1.90 bits per heavy atom. The molecule has 0 aromatic heterocycles. The number of methoxy groups -OCH3 is 1. The molecule has 0 atom stereocenters. The largest absolute Gasteiger partial charge is 0.494 e. The number of carbonyl (C=O) groups excluding carboxylic acids is 1. The molecule has 0 aliphatic carbocycles. The van der Waals surface area contributed by atoms with Gasteiger partial charge in [0.05, 0.1) is 25.2 Å². The number of benzene rings is 2. The van der Waals surface area contributed by atoms with Gasteiger partial charge in [0.2, 0.25) is 0 Å². The van der Waals surface area contributed by atoms with Crippen molar-refractivity contribution in [3.05, 3.63) is 51.9 Å². The average molecular weight is 461 g/mol. The maximum Gasteiger partial charge on any atom is 0.264 e. The Labute approximate surface area is 191 Å². The third-order valence-electron chi connectivity index (χ3n) is 4.15.